The standard InChI is InChI=1S/C20H25NO5/c1-20(2,3)26-18(23)16-14-10-7-11-15(14)17(22)21(16)19(24)25-12-13-8-5-4-6-9-13/h4-6,8-9,14-16H,7,10-12H2,1-3H3. The Bertz CT molecular complexity index is 694. The second-order valence-electron chi connectivity index (χ2n) is 7.93. The Hall–Kier alpha value is -2.37. The lowest BCUT2D eigenvalue weighted by atomic mass is 9.93. The van der Waals surface area contributed by atoms with Crippen molar-refractivity contribution in [2.24, 2.45) is 11.8 Å². The van der Waals surface area contributed by atoms with Gasteiger partial charge in [0.15, 0.2) is 0 Å². The van der Waals surface area contributed by atoms with Gasteiger partial charge >= 0.3 is 12.1 Å². The fourth-order valence-electron chi connectivity index (χ4n) is 3.82. The lowest BCUT2D eigenvalue weighted by molar-refractivity contribution is -0.162. The summed E-state index contributed by atoms with van der Waals surface area (Å²) < 4.78 is 10.8. The maximum atomic E-state index is 12.7. The summed E-state index contributed by atoms with van der Waals surface area (Å²) in [6, 6.07) is 8.33. The Morgan fingerprint density at radius 2 is 1.85 bits per heavy atom. The second kappa shape index (κ2) is 7.09. The van der Waals surface area contributed by atoms with E-state index in [1.54, 1.807) is 20.8 Å². The minimum absolute atomic E-state index is 0.0554. The third-order valence-electron chi connectivity index (χ3n) is 4.86. The SMILES string of the molecule is CC(C)(C)OC(=O)C1C2CCCC2C(=O)N1C(=O)OCc1ccccc1. The maximum absolute atomic E-state index is 12.7. The van der Waals surface area contributed by atoms with Gasteiger partial charge in [-0.05, 0) is 39.2 Å². The van der Waals surface area contributed by atoms with Crippen LogP contribution in [-0.4, -0.2) is 34.5 Å². The van der Waals surface area contributed by atoms with Crippen molar-refractivity contribution in [2.75, 3.05) is 0 Å². The lowest BCUT2D eigenvalue weighted by Gasteiger charge is -2.28. The van der Waals surface area contributed by atoms with E-state index in [0.29, 0.717) is 6.42 Å². The summed E-state index contributed by atoms with van der Waals surface area (Å²) in [5.74, 6) is -1.32. The van der Waals surface area contributed by atoms with Crippen LogP contribution in [0.5, 0.6) is 0 Å². The Balaban J connectivity index is 1.76. The molecule has 3 rings (SSSR count). The van der Waals surface area contributed by atoms with Crippen LogP contribution in [0.3, 0.4) is 0 Å². The Kier molecular flexibility index (Phi) is 5.03. The topological polar surface area (TPSA) is 72.9 Å². The summed E-state index contributed by atoms with van der Waals surface area (Å²) in [4.78, 5) is 39.1. The third kappa shape index (κ3) is 3.74. The Labute approximate surface area is 153 Å². The number of hydrogen-bond acceptors (Lipinski definition) is 5. The summed E-state index contributed by atoms with van der Waals surface area (Å²) in [6.45, 7) is 5.36. The van der Waals surface area contributed by atoms with Crippen LogP contribution < -0.4 is 0 Å². The molecule has 26 heavy (non-hydrogen) atoms. The zero-order chi connectivity index (χ0) is 18.9. The number of likely N-dealkylation sites (tertiary alicyclic amines) is 1. The molecular formula is C20H25NO5. The first-order valence-electron chi connectivity index (χ1n) is 9.04. The molecule has 1 aromatic carbocycles. The van der Waals surface area contributed by atoms with Gasteiger partial charge in [-0.2, -0.15) is 0 Å². The first-order valence-corrected chi connectivity index (χ1v) is 9.04. The van der Waals surface area contributed by atoms with Crippen LogP contribution in [0.1, 0.15) is 45.6 Å². The molecule has 2 fully saturated rings. The molecule has 1 aliphatic carbocycles. The fraction of sp³-hybridized carbons (Fsp3) is 0.550. The van der Waals surface area contributed by atoms with Crippen LogP contribution in [-0.2, 0) is 25.7 Å². The number of ether oxygens (including phenoxy) is 2. The highest BCUT2D eigenvalue weighted by atomic mass is 16.6. The van der Waals surface area contributed by atoms with E-state index >= 15 is 0 Å². The molecule has 140 valence electrons. The molecule has 1 saturated carbocycles. The van der Waals surface area contributed by atoms with E-state index in [9.17, 15) is 14.4 Å². The molecule has 0 aromatic heterocycles. The highest BCUT2D eigenvalue weighted by Crippen LogP contribution is 2.44. The van der Waals surface area contributed by atoms with Gasteiger partial charge in [0, 0.05) is 11.8 Å². The number of amides is 2. The molecule has 0 spiro atoms. The van der Waals surface area contributed by atoms with E-state index in [1.807, 2.05) is 30.3 Å². The Morgan fingerprint density at radius 1 is 1.15 bits per heavy atom. The molecule has 3 unspecified atom stereocenters. The molecule has 1 aromatic rings. The zero-order valence-corrected chi connectivity index (χ0v) is 15.4. The van der Waals surface area contributed by atoms with Gasteiger partial charge in [-0.1, -0.05) is 36.8 Å². The molecular weight excluding hydrogens is 334 g/mol. The van der Waals surface area contributed by atoms with E-state index in [0.717, 1.165) is 23.3 Å². The van der Waals surface area contributed by atoms with Crippen LogP contribution in [0.25, 0.3) is 0 Å². The predicted molar refractivity (Wildman–Crippen MR) is 93.9 cm³/mol. The van der Waals surface area contributed by atoms with Crippen LogP contribution >= 0.6 is 0 Å². The minimum Gasteiger partial charge on any atom is -0.458 e. The lowest BCUT2D eigenvalue weighted by Crippen LogP contribution is -2.47. The quantitative estimate of drug-likeness (QED) is 0.774. The smallest absolute Gasteiger partial charge is 0.417 e. The largest absolute Gasteiger partial charge is 0.458 e. The number of hydrogen-bond donors (Lipinski definition) is 0. The first kappa shape index (κ1) is 18.4. The van der Waals surface area contributed by atoms with Gasteiger partial charge < -0.3 is 9.47 Å². The number of carbonyl (C=O) groups excluding carboxylic acids is 3. The van der Waals surface area contributed by atoms with Crippen LogP contribution in [0.4, 0.5) is 4.79 Å². The van der Waals surface area contributed by atoms with Gasteiger partial charge in [0.1, 0.15) is 18.2 Å². The van der Waals surface area contributed by atoms with Crippen molar-refractivity contribution in [3.05, 3.63) is 35.9 Å². The van der Waals surface area contributed by atoms with Crippen molar-refractivity contribution >= 4 is 18.0 Å². The van der Waals surface area contributed by atoms with Crippen LogP contribution in [0, 0.1) is 11.8 Å². The molecule has 6 nitrogen and oxygen atoms in total. The molecule has 1 saturated heterocycles. The third-order valence-corrected chi connectivity index (χ3v) is 4.86. The molecule has 2 amide bonds. The summed E-state index contributed by atoms with van der Waals surface area (Å²) in [7, 11) is 0. The number of nitrogens with zero attached hydrogens (tertiary/aromatic N) is 1. The highest BCUT2D eigenvalue weighted by molar-refractivity contribution is 6.01. The van der Waals surface area contributed by atoms with Crippen molar-refractivity contribution in [3.8, 4) is 0 Å². The van der Waals surface area contributed by atoms with Crippen molar-refractivity contribution in [3.63, 3.8) is 0 Å². The zero-order valence-electron chi connectivity index (χ0n) is 15.4. The van der Waals surface area contributed by atoms with Crippen molar-refractivity contribution in [1.29, 1.82) is 0 Å². The molecule has 0 bridgehead atoms. The summed E-state index contributed by atoms with van der Waals surface area (Å²) >= 11 is 0. The van der Waals surface area contributed by atoms with Gasteiger partial charge in [-0.3, -0.25) is 4.79 Å². The summed E-state index contributed by atoms with van der Waals surface area (Å²) in [5, 5.41) is 0. The van der Waals surface area contributed by atoms with Crippen molar-refractivity contribution in [1.82, 2.24) is 4.90 Å². The molecule has 0 radical (unpaired) electrons. The second-order valence-corrected chi connectivity index (χ2v) is 7.93. The average Bonchev–Trinajstić information content (AvgIpc) is 3.14. The number of imide groups is 1. The van der Waals surface area contributed by atoms with Gasteiger partial charge in [-0.15, -0.1) is 0 Å². The number of esters is 1. The molecule has 6 heteroatoms. The summed E-state index contributed by atoms with van der Waals surface area (Å²) in [6.07, 6.45) is 1.55. The average molecular weight is 359 g/mol. The fourth-order valence-corrected chi connectivity index (χ4v) is 3.82. The van der Waals surface area contributed by atoms with Crippen molar-refractivity contribution in [2.45, 2.75) is 58.3 Å². The van der Waals surface area contributed by atoms with E-state index in [2.05, 4.69) is 0 Å². The number of rotatable bonds is 3. The highest BCUT2D eigenvalue weighted by Gasteiger charge is 2.57. The van der Waals surface area contributed by atoms with E-state index in [1.165, 1.54) is 0 Å². The number of carbonyl (C=O) groups is 3. The molecule has 1 aliphatic heterocycles. The van der Waals surface area contributed by atoms with Gasteiger partial charge in [0.25, 0.3) is 0 Å². The first-order chi connectivity index (χ1) is 12.3. The normalized spacial score (nSPS) is 25.1. The van der Waals surface area contributed by atoms with Gasteiger partial charge in [-0.25, -0.2) is 14.5 Å². The Morgan fingerprint density at radius 3 is 2.50 bits per heavy atom. The monoisotopic (exact) mass is 359 g/mol. The summed E-state index contributed by atoms with van der Waals surface area (Å²) in [5.41, 5.74) is 0.137. The van der Waals surface area contributed by atoms with Gasteiger partial charge in [0.05, 0.1) is 0 Å². The number of benzene rings is 1. The van der Waals surface area contributed by atoms with Gasteiger partial charge in [0.2, 0.25) is 5.91 Å². The van der Waals surface area contributed by atoms with E-state index in [4.69, 9.17) is 9.47 Å². The molecule has 0 N–H and O–H groups in total. The number of fused-ring (bicyclic) bond motifs is 1. The maximum Gasteiger partial charge on any atom is 0.417 e. The minimum atomic E-state index is -0.891. The molecule has 3 atom stereocenters. The van der Waals surface area contributed by atoms with E-state index in [-0.39, 0.29) is 24.3 Å². The van der Waals surface area contributed by atoms with Crippen LogP contribution in [0.2, 0.25) is 0 Å². The van der Waals surface area contributed by atoms with Crippen molar-refractivity contribution < 1.29 is 23.9 Å². The molecule has 2 aliphatic rings. The molecule has 1 heterocycles. The van der Waals surface area contributed by atoms with Crippen LogP contribution in [0.15, 0.2) is 30.3 Å². The predicted octanol–water partition coefficient (Wildman–Crippen LogP) is 3.29. The van der Waals surface area contributed by atoms with E-state index < -0.39 is 23.7 Å².